The number of carbonyl (C=O) groups is 1. The summed E-state index contributed by atoms with van der Waals surface area (Å²) in [5.74, 6) is 0.328. The molecular weight excluding hydrogens is 360 g/mol. The van der Waals surface area contributed by atoms with Gasteiger partial charge in [-0.05, 0) is 49.4 Å². The zero-order chi connectivity index (χ0) is 18.8. The van der Waals surface area contributed by atoms with Gasteiger partial charge in [-0.3, -0.25) is 0 Å². The number of carbonyl (C=O) groups excluding carboxylic acids is 1. The Balaban J connectivity index is 1.56. The Morgan fingerprint density at radius 3 is 2.96 bits per heavy atom. The van der Waals surface area contributed by atoms with Crippen molar-refractivity contribution in [2.24, 2.45) is 0 Å². The van der Waals surface area contributed by atoms with Gasteiger partial charge in [0, 0.05) is 4.88 Å². The summed E-state index contributed by atoms with van der Waals surface area (Å²) < 4.78 is 5.32. The number of nitriles is 1. The number of nitrogen functional groups attached to an aromatic ring is 1. The normalized spacial score (nSPS) is 13.6. The maximum absolute atomic E-state index is 12.2. The lowest BCUT2D eigenvalue weighted by Crippen LogP contribution is -2.08. The van der Waals surface area contributed by atoms with Gasteiger partial charge in [-0.2, -0.15) is 5.26 Å². The number of benzene rings is 1. The van der Waals surface area contributed by atoms with Crippen LogP contribution >= 0.6 is 11.3 Å². The lowest BCUT2D eigenvalue weighted by atomic mass is 10.1. The monoisotopic (exact) mass is 378 g/mol. The van der Waals surface area contributed by atoms with Crippen molar-refractivity contribution in [3.05, 3.63) is 51.7 Å². The van der Waals surface area contributed by atoms with Crippen LogP contribution in [-0.2, 0) is 24.2 Å². The molecule has 3 aromatic rings. The van der Waals surface area contributed by atoms with E-state index >= 15 is 0 Å². The van der Waals surface area contributed by atoms with Crippen molar-refractivity contribution in [3.63, 3.8) is 0 Å². The van der Waals surface area contributed by atoms with Gasteiger partial charge in [0.25, 0.3) is 0 Å². The van der Waals surface area contributed by atoms with Crippen LogP contribution in [0.4, 0.5) is 5.82 Å². The molecule has 0 unspecified atom stereocenters. The molecule has 0 atom stereocenters. The average Bonchev–Trinajstić information content (AvgIpc) is 2.88. The summed E-state index contributed by atoms with van der Waals surface area (Å²) in [5, 5.41) is 9.90. The minimum absolute atomic E-state index is 0.0572. The summed E-state index contributed by atoms with van der Waals surface area (Å²) in [4.78, 5) is 23.4. The van der Waals surface area contributed by atoms with Gasteiger partial charge in [0.2, 0.25) is 0 Å². The van der Waals surface area contributed by atoms with Crippen molar-refractivity contribution in [2.75, 3.05) is 5.73 Å². The second-order valence-electron chi connectivity index (χ2n) is 6.54. The minimum atomic E-state index is -0.517. The number of nitrogens with zero attached hydrogens (tertiary/aromatic N) is 3. The molecule has 2 N–H and O–H groups in total. The second kappa shape index (κ2) is 7.33. The smallest absolute Gasteiger partial charge is 0.338 e. The number of fused-ring (bicyclic) bond motifs is 3. The van der Waals surface area contributed by atoms with Crippen LogP contribution in [0.3, 0.4) is 0 Å². The number of aromatic nitrogens is 2. The Hall–Kier alpha value is -2.98. The number of esters is 1. The summed E-state index contributed by atoms with van der Waals surface area (Å²) in [7, 11) is 0. The number of nitrogens with two attached hydrogens (primary N) is 1. The van der Waals surface area contributed by atoms with Gasteiger partial charge in [0.1, 0.15) is 10.6 Å². The van der Waals surface area contributed by atoms with Crippen LogP contribution in [0.15, 0.2) is 24.3 Å². The van der Waals surface area contributed by atoms with Crippen molar-refractivity contribution in [1.82, 2.24) is 9.97 Å². The largest absolute Gasteiger partial charge is 0.454 e. The highest BCUT2D eigenvalue weighted by molar-refractivity contribution is 7.19. The number of hydrogen-bond acceptors (Lipinski definition) is 7. The molecule has 0 fully saturated rings. The first-order valence-electron chi connectivity index (χ1n) is 8.89. The van der Waals surface area contributed by atoms with Crippen LogP contribution in [0.2, 0.25) is 0 Å². The third kappa shape index (κ3) is 3.49. The highest BCUT2D eigenvalue weighted by Gasteiger charge is 2.19. The van der Waals surface area contributed by atoms with Crippen molar-refractivity contribution in [1.29, 1.82) is 5.26 Å². The van der Waals surface area contributed by atoms with Gasteiger partial charge >= 0.3 is 5.97 Å². The van der Waals surface area contributed by atoms with Crippen molar-refractivity contribution in [2.45, 2.75) is 38.7 Å². The fourth-order valence-corrected chi connectivity index (χ4v) is 4.69. The van der Waals surface area contributed by atoms with Crippen LogP contribution in [-0.4, -0.2) is 15.9 Å². The fourth-order valence-electron chi connectivity index (χ4n) is 3.40. The molecular formula is C20H18N4O2S. The molecule has 6 nitrogen and oxygen atoms in total. The summed E-state index contributed by atoms with van der Waals surface area (Å²) in [6.45, 7) is -0.0572. The van der Waals surface area contributed by atoms with Gasteiger partial charge in [-0.25, -0.2) is 14.8 Å². The standard InChI is InChI=1S/C20H18N4O2S/c21-10-12-5-4-6-13(9-12)20(25)26-11-16-23-18(22)17-14-7-2-1-3-8-15(14)27-19(17)24-16/h4-6,9H,1-3,7-8,11H2,(H2,22,23,24). The van der Waals surface area contributed by atoms with Crippen molar-refractivity contribution < 1.29 is 9.53 Å². The predicted molar refractivity (Wildman–Crippen MR) is 103 cm³/mol. The topological polar surface area (TPSA) is 102 Å². The van der Waals surface area contributed by atoms with E-state index in [1.807, 2.05) is 6.07 Å². The Labute approximate surface area is 160 Å². The highest BCUT2D eigenvalue weighted by atomic mass is 32.1. The highest BCUT2D eigenvalue weighted by Crippen LogP contribution is 2.37. The molecule has 1 aromatic carbocycles. The van der Waals surface area contributed by atoms with Crippen LogP contribution in [0.1, 0.15) is 51.4 Å². The van der Waals surface area contributed by atoms with E-state index in [4.69, 9.17) is 15.7 Å². The molecule has 4 rings (SSSR count). The first kappa shape index (κ1) is 17.4. The lowest BCUT2D eigenvalue weighted by Gasteiger charge is -2.06. The van der Waals surface area contributed by atoms with Gasteiger partial charge in [-0.1, -0.05) is 12.5 Å². The number of ether oxygens (including phenoxy) is 1. The first-order valence-corrected chi connectivity index (χ1v) is 9.71. The molecule has 2 aromatic heterocycles. The van der Waals surface area contributed by atoms with Crippen LogP contribution in [0.25, 0.3) is 10.2 Å². The zero-order valence-corrected chi connectivity index (χ0v) is 15.5. The van der Waals surface area contributed by atoms with Crippen LogP contribution < -0.4 is 5.73 Å². The molecule has 0 amide bonds. The van der Waals surface area contributed by atoms with Gasteiger partial charge < -0.3 is 10.5 Å². The van der Waals surface area contributed by atoms with E-state index in [2.05, 4.69) is 9.97 Å². The molecule has 0 saturated heterocycles. The van der Waals surface area contributed by atoms with Crippen molar-refractivity contribution >= 4 is 33.3 Å². The number of anilines is 1. The third-order valence-corrected chi connectivity index (χ3v) is 5.88. The van der Waals surface area contributed by atoms with E-state index < -0.39 is 5.97 Å². The summed E-state index contributed by atoms with van der Waals surface area (Å²) in [6.07, 6.45) is 5.69. The minimum Gasteiger partial charge on any atom is -0.454 e. The first-order chi connectivity index (χ1) is 13.2. The Morgan fingerprint density at radius 1 is 1.26 bits per heavy atom. The van der Waals surface area contributed by atoms with Crippen molar-refractivity contribution in [3.8, 4) is 6.07 Å². The summed E-state index contributed by atoms with van der Waals surface area (Å²) in [5.41, 5.74) is 8.24. The summed E-state index contributed by atoms with van der Waals surface area (Å²) in [6, 6.07) is 8.39. The molecule has 136 valence electrons. The Kier molecular flexibility index (Phi) is 4.73. The quantitative estimate of drug-likeness (QED) is 0.550. The molecule has 27 heavy (non-hydrogen) atoms. The van der Waals surface area contributed by atoms with E-state index in [0.717, 1.165) is 23.1 Å². The van der Waals surface area contributed by atoms with E-state index in [-0.39, 0.29) is 6.61 Å². The maximum atomic E-state index is 12.2. The molecule has 1 aliphatic rings. The molecule has 0 spiro atoms. The Morgan fingerprint density at radius 2 is 2.11 bits per heavy atom. The van der Waals surface area contributed by atoms with Gasteiger partial charge in [0.05, 0.1) is 22.6 Å². The van der Waals surface area contributed by atoms with Crippen LogP contribution in [0.5, 0.6) is 0 Å². The van der Waals surface area contributed by atoms with E-state index in [9.17, 15) is 4.79 Å². The maximum Gasteiger partial charge on any atom is 0.338 e. The average molecular weight is 378 g/mol. The molecule has 0 saturated carbocycles. The lowest BCUT2D eigenvalue weighted by molar-refractivity contribution is 0.0462. The van der Waals surface area contributed by atoms with Gasteiger partial charge in [-0.15, -0.1) is 11.3 Å². The van der Waals surface area contributed by atoms with Crippen LogP contribution in [0, 0.1) is 11.3 Å². The molecule has 0 aliphatic heterocycles. The number of hydrogen-bond donors (Lipinski definition) is 1. The number of thiophene rings is 1. The van der Waals surface area contributed by atoms with Gasteiger partial charge in [0.15, 0.2) is 12.4 Å². The van der Waals surface area contributed by atoms with E-state index in [1.54, 1.807) is 29.5 Å². The molecule has 1 aliphatic carbocycles. The zero-order valence-electron chi connectivity index (χ0n) is 14.7. The Bertz CT molecular complexity index is 1070. The molecule has 2 heterocycles. The number of rotatable bonds is 3. The molecule has 0 bridgehead atoms. The fraction of sp³-hybridized carbons (Fsp3) is 0.300. The summed E-state index contributed by atoms with van der Waals surface area (Å²) >= 11 is 1.67. The predicted octanol–water partition coefficient (Wildman–Crippen LogP) is 3.77. The van der Waals surface area contributed by atoms with E-state index in [1.165, 1.54) is 35.8 Å². The second-order valence-corrected chi connectivity index (χ2v) is 7.62. The molecule has 0 radical (unpaired) electrons. The molecule has 7 heteroatoms. The number of aryl methyl sites for hydroxylation is 2. The third-order valence-electron chi connectivity index (χ3n) is 4.70. The van der Waals surface area contributed by atoms with E-state index in [0.29, 0.717) is 22.8 Å². The SMILES string of the molecule is N#Cc1cccc(C(=O)OCc2nc(N)c3c4c(sc3n2)CCCCC4)c1.